The van der Waals surface area contributed by atoms with Gasteiger partial charge in [0.25, 0.3) is 0 Å². The van der Waals surface area contributed by atoms with Crippen molar-refractivity contribution in [3.05, 3.63) is 114 Å². The van der Waals surface area contributed by atoms with Gasteiger partial charge in [-0.15, -0.1) is 0 Å². The molecule has 2 atom stereocenters. The summed E-state index contributed by atoms with van der Waals surface area (Å²) in [4.78, 5) is 30.8. The number of rotatable bonds is 8. The maximum absolute atomic E-state index is 12.8. The molecule has 3 heterocycles. The number of thiocarbonyl (C=S) groups is 1. The second-order valence-corrected chi connectivity index (χ2v) is 9.53. The van der Waals surface area contributed by atoms with Gasteiger partial charge in [0.05, 0.1) is 23.3 Å². The van der Waals surface area contributed by atoms with Crippen LogP contribution >= 0.6 is 12.2 Å². The van der Waals surface area contributed by atoms with Crippen LogP contribution in [0.2, 0.25) is 0 Å². The number of nitrogens with zero attached hydrogens (tertiary/aromatic N) is 3. The summed E-state index contributed by atoms with van der Waals surface area (Å²) >= 11 is 5.75. The van der Waals surface area contributed by atoms with E-state index in [2.05, 4.69) is 15.6 Å². The fraction of sp³-hybridized carbons (Fsp3) is 0.172. The summed E-state index contributed by atoms with van der Waals surface area (Å²) in [6, 6.07) is 23.7. The van der Waals surface area contributed by atoms with Gasteiger partial charge in [-0.1, -0.05) is 18.2 Å². The number of aryl methyl sites for hydroxylation is 1. The predicted molar refractivity (Wildman–Crippen MR) is 149 cm³/mol. The van der Waals surface area contributed by atoms with Crippen molar-refractivity contribution in [3.63, 3.8) is 0 Å². The number of carbonyl (C=O) groups is 2. The normalized spacial score (nSPS) is 16.8. The lowest BCUT2D eigenvalue weighted by Gasteiger charge is -2.29. The van der Waals surface area contributed by atoms with E-state index in [0.29, 0.717) is 11.7 Å². The number of carbonyl (C=O) groups excluding carboxylic acids is 1. The van der Waals surface area contributed by atoms with Gasteiger partial charge in [0.15, 0.2) is 5.11 Å². The molecule has 0 bridgehead atoms. The van der Waals surface area contributed by atoms with Crippen LogP contribution in [-0.4, -0.2) is 43.1 Å². The van der Waals surface area contributed by atoms with Crippen molar-refractivity contribution in [1.29, 1.82) is 0 Å². The molecule has 192 valence electrons. The van der Waals surface area contributed by atoms with E-state index in [0.717, 1.165) is 28.3 Å². The van der Waals surface area contributed by atoms with E-state index in [-0.39, 0.29) is 30.0 Å². The van der Waals surface area contributed by atoms with E-state index in [4.69, 9.17) is 12.2 Å². The van der Waals surface area contributed by atoms with Crippen molar-refractivity contribution < 1.29 is 14.7 Å². The number of aromatic nitrogens is 2. The molecular formula is C29H27N5O3S. The van der Waals surface area contributed by atoms with E-state index in [1.165, 1.54) is 0 Å². The highest BCUT2D eigenvalue weighted by Crippen LogP contribution is 2.39. The first-order chi connectivity index (χ1) is 18.4. The average Bonchev–Trinajstić information content (AvgIpc) is 3.52. The van der Waals surface area contributed by atoms with Crippen molar-refractivity contribution in [3.8, 4) is 5.69 Å². The highest BCUT2D eigenvalue weighted by atomic mass is 32.1. The number of nitrogens with one attached hydrogen (secondary N) is 2. The molecule has 1 fully saturated rings. The van der Waals surface area contributed by atoms with Crippen molar-refractivity contribution in [2.45, 2.75) is 25.4 Å². The first kappa shape index (κ1) is 25.2. The molecular weight excluding hydrogens is 498 g/mol. The molecule has 5 rings (SSSR count). The summed E-state index contributed by atoms with van der Waals surface area (Å²) in [5.74, 6) is -1.07. The molecule has 0 spiro atoms. The smallest absolute Gasteiger partial charge is 0.335 e. The van der Waals surface area contributed by atoms with Gasteiger partial charge < -0.3 is 25.2 Å². The van der Waals surface area contributed by atoms with Crippen LogP contribution in [0.1, 0.15) is 45.8 Å². The number of hydrogen-bond donors (Lipinski definition) is 3. The molecule has 1 aliphatic rings. The van der Waals surface area contributed by atoms with Crippen molar-refractivity contribution in [1.82, 2.24) is 19.8 Å². The molecule has 1 amide bonds. The van der Waals surface area contributed by atoms with E-state index in [1.54, 1.807) is 30.5 Å². The lowest BCUT2D eigenvalue weighted by atomic mass is 10.0. The molecule has 0 unspecified atom stereocenters. The molecule has 1 saturated heterocycles. The van der Waals surface area contributed by atoms with Gasteiger partial charge in [-0.25, -0.2) is 4.79 Å². The predicted octanol–water partition coefficient (Wildman–Crippen LogP) is 4.88. The summed E-state index contributed by atoms with van der Waals surface area (Å²) in [7, 11) is 0. The van der Waals surface area contributed by atoms with Gasteiger partial charge in [0, 0.05) is 42.4 Å². The van der Waals surface area contributed by atoms with E-state index >= 15 is 0 Å². The van der Waals surface area contributed by atoms with Crippen LogP contribution in [0, 0.1) is 6.92 Å². The van der Waals surface area contributed by atoms with Gasteiger partial charge in [-0.3, -0.25) is 9.78 Å². The van der Waals surface area contributed by atoms with E-state index in [1.807, 2.05) is 77.2 Å². The highest BCUT2D eigenvalue weighted by Gasteiger charge is 2.41. The number of anilines is 1. The molecule has 38 heavy (non-hydrogen) atoms. The Bertz CT molecular complexity index is 1470. The summed E-state index contributed by atoms with van der Waals surface area (Å²) in [6.45, 7) is 2.39. The number of pyridine rings is 1. The van der Waals surface area contributed by atoms with Crippen LogP contribution < -0.4 is 10.6 Å². The molecule has 4 aromatic rings. The van der Waals surface area contributed by atoms with Gasteiger partial charge >= 0.3 is 5.97 Å². The lowest BCUT2D eigenvalue weighted by molar-refractivity contribution is -0.116. The fourth-order valence-electron chi connectivity index (χ4n) is 4.77. The summed E-state index contributed by atoms with van der Waals surface area (Å²) in [5.41, 5.74) is 4.65. The van der Waals surface area contributed by atoms with Crippen molar-refractivity contribution >= 4 is 34.9 Å². The first-order valence-corrected chi connectivity index (χ1v) is 12.7. The number of amides is 1. The quantitative estimate of drug-likeness (QED) is 0.282. The third-order valence-electron chi connectivity index (χ3n) is 6.56. The highest BCUT2D eigenvalue weighted by molar-refractivity contribution is 7.80. The number of aromatic carboxylic acids is 1. The Hall–Kier alpha value is -4.50. The Morgan fingerprint density at radius 2 is 1.87 bits per heavy atom. The molecule has 9 heteroatoms. The van der Waals surface area contributed by atoms with E-state index in [9.17, 15) is 14.7 Å². The SMILES string of the molecule is Cc1cccc(NC(=O)CCN2C(=S)N[C@H](c3ccccn3)[C@H]2c2cccn2-c2ccc(C(=O)O)cc2)c1. The Labute approximate surface area is 225 Å². The van der Waals surface area contributed by atoms with Gasteiger partial charge in [0.1, 0.15) is 0 Å². The van der Waals surface area contributed by atoms with Crippen molar-refractivity contribution in [2.75, 3.05) is 11.9 Å². The number of benzene rings is 2. The van der Waals surface area contributed by atoms with Crippen molar-refractivity contribution in [2.24, 2.45) is 0 Å². The zero-order chi connectivity index (χ0) is 26.6. The minimum atomic E-state index is -0.972. The Balaban J connectivity index is 1.44. The van der Waals surface area contributed by atoms with Gasteiger partial charge in [-0.05, 0) is 85.4 Å². The third kappa shape index (κ3) is 5.28. The zero-order valence-electron chi connectivity index (χ0n) is 20.7. The third-order valence-corrected chi connectivity index (χ3v) is 6.91. The first-order valence-electron chi connectivity index (χ1n) is 12.3. The monoisotopic (exact) mass is 525 g/mol. The summed E-state index contributed by atoms with van der Waals surface area (Å²) < 4.78 is 2.02. The molecule has 0 radical (unpaired) electrons. The van der Waals surface area contributed by atoms with Gasteiger partial charge in [-0.2, -0.15) is 0 Å². The fourth-order valence-corrected chi connectivity index (χ4v) is 5.10. The Morgan fingerprint density at radius 1 is 1.05 bits per heavy atom. The minimum absolute atomic E-state index is 0.0990. The lowest BCUT2D eigenvalue weighted by Crippen LogP contribution is -2.33. The molecule has 3 N–H and O–H groups in total. The number of hydrogen-bond acceptors (Lipinski definition) is 4. The van der Waals surface area contributed by atoms with Crippen LogP contribution in [0.3, 0.4) is 0 Å². The molecule has 0 aliphatic carbocycles. The van der Waals surface area contributed by atoms with Crippen LogP contribution in [0.5, 0.6) is 0 Å². The van der Waals surface area contributed by atoms with Crippen LogP contribution in [0.25, 0.3) is 5.69 Å². The standard InChI is InChI=1S/C29H27N5O3S/c1-19-6-4-7-21(18-19)31-25(35)14-17-34-27(26(32-29(34)38)23-8-2-3-15-30-23)24-9-5-16-33(24)22-12-10-20(11-13-22)28(36)37/h2-13,15-16,18,26-27H,14,17H2,1H3,(H,31,35)(H,32,38)(H,36,37)/t26-,27-/m1/s1. The van der Waals surface area contributed by atoms with Gasteiger partial charge in [0.2, 0.25) is 5.91 Å². The maximum atomic E-state index is 12.8. The number of carboxylic acids is 1. The summed E-state index contributed by atoms with van der Waals surface area (Å²) in [5, 5.41) is 16.2. The molecule has 0 saturated carbocycles. The molecule has 8 nitrogen and oxygen atoms in total. The second kappa shape index (κ2) is 10.9. The van der Waals surface area contributed by atoms with E-state index < -0.39 is 5.97 Å². The minimum Gasteiger partial charge on any atom is -0.478 e. The molecule has 2 aromatic carbocycles. The topological polar surface area (TPSA) is 99.5 Å². The molecule has 1 aliphatic heterocycles. The zero-order valence-corrected chi connectivity index (χ0v) is 21.6. The van der Waals surface area contributed by atoms with Crippen LogP contribution in [0.15, 0.2) is 91.3 Å². The number of carboxylic acid groups (broad SMARTS) is 1. The van der Waals surface area contributed by atoms with Crippen LogP contribution in [-0.2, 0) is 4.79 Å². The molecule has 2 aromatic heterocycles. The Kier molecular flexibility index (Phi) is 7.19. The Morgan fingerprint density at radius 3 is 2.58 bits per heavy atom. The maximum Gasteiger partial charge on any atom is 0.335 e. The van der Waals surface area contributed by atoms with Crippen LogP contribution in [0.4, 0.5) is 5.69 Å². The summed E-state index contributed by atoms with van der Waals surface area (Å²) in [6.07, 6.45) is 3.93. The average molecular weight is 526 g/mol. The second-order valence-electron chi connectivity index (χ2n) is 9.14. The largest absolute Gasteiger partial charge is 0.478 e.